The molecule has 5 heteroatoms. The fraction of sp³-hybridized carbons (Fsp3) is 0.231. The van der Waals surface area contributed by atoms with Crippen molar-refractivity contribution in [3.05, 3.63) is 50.4 Å². The van der Waals surface area contributed by atoms with Crippen molar-refractivity contribution < 1.29 is 4.79 Å². The number of carbonyl (C=O) groups excluding carboxylic acids is 1. The van der Waals surface area contributed by atoms with E-state index in [1.165, 1.54) is 11.3 Å². The quantitative estimate of drug-likeness (QED) is 0.876. The molecule has 0 saturated heterocycles. The summed E-state index contributed by atoms with van der Waals surface area (Å²) in [5, 5.41) is 3.33. The van der Waals surface area contributed by atoms with Crippen LogP contribution < -0.4 is 5.32 Å². The fourth-order valence-electron chi connectivity index (χ4n) is 1.64. The van der Waals surface area contributed by atoms with Gasteiger partial charge in [-0.1, -0.05) is 17.7 Å². The largest absolute Gasteiger partial charge is 0.347 e. The number of halogens is 1. The lowest BCUT2D eigenvalue weighted by atomic mass is 10.2. The zero-order valence-electron chi connectivity index (χ0n) is 10.2. The SMILES string of the molecule is Cc1cc(C)c(C(=O)NCc2ccc(Cl)nc2)s1. The van der Waals surface area contributed by atoms with Gasteiger partial charge < -0.3 is 5.32 Å². The molecule has 2 aromatic rings. The summed E-state index contributed by atoms with van der Waals surface area (Å²) in [7, 11) is 0. The van der Waals surface area contributed by atoms with E-state index in [-0.39, 0.29) is 5.91 Å². The number of nitrogens with zero attached hydrogens (tertiary/aromatic N) is 1. The van der Waals surface area contributed by atoms with E-state index < -0.39 is 0 Å². The van der Waals surface area contributed by atoms with E-state index in [0.29, 0.717) is 11.7 Å². The van der Waals surface area contributed by atoms with E-state index in [1.807, 2.05) is 26.0 Å². The number of nitrogens with one attached hydrogen (secondary N) is 1. The average molecular weight is 281 g/mol. The predicted octanol–water partition coefficient (Wildman–Crippen LogP) is 3.34. The Morgan fingerprint density at radius 3 is 2.78 bits per heavy atom. The van der Waals surface area contributed by atoms with Crippen molar-refractivity contribution in [1.29, 1.82) is 0 Å². The first kappa shape index (κ1) is 13.1. The van der Waals surface area contributed by atoms with Gasteiger partial charge in [-0.15, -0.1) is 11.3 Å². The zero-order valence-corrected chi connectivity index (χ0v) is 11.7. The van der Waals surface area contributed by atoms with Crippen molar-refractivity contribution in [2.45, 2.75) is 20.4 Å². The first-order valence-electron chi connectivity index (χ1n) is 5.52. The highest BCUT2D eigenvalue weighted by molar-refractivity contribution is 7.14. The number of pyridine rings is 1. The Hall–Kier alpha value is -1.39. The standard InChI is InChI=1S/C13H13ClN2OS/c1-8-5-9(2)18-12(8)13(17)16-7-10-3-4-11(14)15-6-10/h3-6H,7H2,1-2H3,(H,16,17). The van der Waals surface area contributed by atoms with Crippen LogP contribution in [-0.2, 0) is 6.54 Å². The summed E-state index contributed by atoms with van der Waals surface area (Å²) in [5.74, 6) is -0.0412. The first-order valence-corrected chi connectivity index (χ1v) is 6.71. The minimum Gasteiger partial charge on any atom is -0.347 e. The van der Waals surface area contributed by atoms with Crippen LogP contribution in [0.15, 0.2) is 24.4 Å². The molecule has 0 spiro atoms. The Bertz CT molecular complexity index is 563. The van der Waals surface area contributed by atoms with E-state index in [1.54, 1.807) is 12.3 Å². The van der Waals surface area contributed by atoms with Crippen LogP contribution in [0.1, 0.15) is 25.7 Å². The predicted molar refractivity (Wildman–Crippen MR) is 74.2 cm³/mol. The minimum atomic E-state index is -0.0412. The normalized spacial score (nSPS) is 10.4. The lowest BCUT2D eigenvalue weighted by Gasteiger charge is -2.04. The maximum absolute atomic E-state index is 12.0. The van der Waals surface area contributed by atoms with Gasteiger partial charge in [0.1, 0.15) is 5.15 Å². The van der Waals surface area contributed by atoms with Gasteiger partial charge in [-0.2, -0.15) is 0 Å². The molecular weight excluding hydrogens is 268 g/mol. The van der Waals surface area contributed by atoms with Crippen LogP contribution in [0.5, 0.6) is 0 Å². The highest BCUT2D eigenvalue weighted by Gasteiger charge is 2.11. The van der Waals surface area contributed by atoms with Crippen LogP contribution in [0.2, 0.25) is 5.15 Å². The fourth-order valence-corrected chi connectivity index (χ4v) is 2.69. The molecule has 2 aromatic heterocycles. The number of amides is 1. The summed E-state index contributed by atoms with van der Waals surface area (Å²) in [6.07, 6.45) is 1.66. The first-order chi connectivity index (χ1) is 8.56. The van der Waals surface area contributed by atoms with Crippen LogP contribution in [0.4, 0.5) is 0 Å². The van der Waals surface area contributed by atoms with Gasteiger partial charge in [-0.05, 0) is 37.1 Å². The lowest BCUT2D eigenvalue weighted by molar-refractivity contribution is 0.0954. The molecule has 0 aliphatic heterocycles. The summed E-state index contributed by atoms with van der Waals surface area (Å²) < 4.78 is 0. The second kappa shape index (κ2) is 5.50. The lowest BCUT2D eigenvalue weighted by Crippen LogP contribution is -2.22. The Morgan fingerprint density at radius 1 is 1.44 bits per heavy atom. The number of thiophene rings is 1. The Morgan fingerprint density at radius 2 is 2.22 bits per heavy atom. The molecule has 94 valence electrons. The summed E-state index contributed by atoms with van der Waals surface area (Å²) in [6, 6.07) is 5.58. The van der Waals surface area contributed by atoms with Crippen molar-refractivity contribution in [2.75, 3.05) is 0 Å². The van der Waals surface area contributed by atoms with Crippen LogP contribution >= 0.6 is 22.9 Å². The molecule has 0 radical (unpaired) electrons. The Balaban J connectivity index is 2.00. The van der Waals surface area contributed by atoms with Gasteiger partial charge in [0.05, 0.1) is 4.88 Å². The second-order valence-corrected chi connectivity index (χ2v) is 5.68. The molecule has 0 aromatic carbocycles. The second-order valence-electron chi connectivity index (χ2n) is 4.04. The molecular formula is C13H13ClN2OS. The molecule has 0 atom stereocenters. The molecule has 18 heavy (non-hydrogen) atoms. The highest BCUT2D eigenvalue weighted by atomic mass is 35.5. The molecule has 0 aliphatic rings. The molecule has 2 rings (SSSR count). The highest BCUT2D eigenvalue weighted by Crippen LogP contribution is 2.20. The van der Waals surface area contributed by atoms with Gasteiger partial charge >= 0.3 is 0 Å². The van der Waals surface area contributed by atoms with Gasteiger partial charge in [0.15, 0.2) is 0 Å². The van der Waals surface area contributed by atoms with Crippen LogP contribution in [-0.4, -0.2) is 10.9 Å². The molecule has 3 nitrogen and oxygen atoms in total. The summed E-state index contributed by atoms with van der Waals surface area (Å²) in [6.45, 7) is 4.40. The average Bonchev–Trinajstić information content (AvgIpc) is 2.67. The third-order valence-corrected chi connectivity index (χ3v) is 3.86. The summed E-state index contributed by atoms with van der Waals surface area (Å²) >= 11 is 7.21. The van der Waals surface area contributed by atoms with E-state index in [0.717, 1.165) is 20.9 Å². The number of aryl methyl sites for hydroxylation is 2. The molecule has 0 aliphatic carbocycles. The smallest absolute Gasteiger partial charge is 0.261 e. The van der Waals surface area contributed by atoms with Gasteiger partial charge in [-0.25, -0.2) is 4.98 Å². The minimum absolute atomic E-state index is 0.0412. The zero-order chi connectivity index (χ0) is 13.1. The van der Waals surface area contributed by atoms with Crippen molar-refractivity contribution in [2.24, 2.45) is 0 Å². The molecule has 0 unspecified atom stereocenters. The van der Waals surface area contributed by atoms with Gasteiger partial charge in [0, 0.05) is 17.6 Å². The summed E-state index contributed by atoms with van der Waals surface area (Å²) in [5.41, 5.74) is 1.95. The molecule has 0 bridgehead atoms. The van der Waals surface area contributed by atoms with Gasteiger partial charge in [0.25, 0.3) is 5.91 Å². The van der Waals surface area contributed by atoms with Gasteiger partial charge in [-0.3, -0.25) is 4.79 Å². The molecule has 1 N–H and O–H groups in total. The monoisotopic (exact) mass is 280 g/mol. The van der Waals surface area contributed by atoms with E-state index in [2.05, 4.69) is 10.3 Å². The topological polar surface area (TPSA) is 42.0 Å². The maximum Gasteiger partial charge on any atom is 0.261 e. The summed E-state index contributed by atoms with van der Waals surface area (Å²) in [4.78, 5) is 17.9. The maximum atomic E-state index is 12.0. The number of aromatic nitrogens is 1. The molecule has 0 fully saturated rings. The van der Waals surface area contributed by atoms with E-state index in [9.17, 15) is 4.79 Å². The van der Waals surface area contributed by atoms with E-state index in [4.69, 9.17) is 11.6 Å². The Kier molecular flexibility index (Phi) is 3.99. The number of rotatable bonds is 3. The van der Waals surface area contributed by atoms with Crippen molar-refractivity contribution in [1.82, 2.24) is 10.3 Å². The number of carbonyl (C=O) groups is 1. The third-order valence-electron chi connectivity index (χ3n) is 2.49. The van der Waals surface area contributed by atoms with Crippen LogP contribution in [0, 0.1) is 13.8 Å². The molecule has 1 amide bonds. The third kappa shape index (κ3) is 3.09. The number of hydrogen-bond acceptors (Lipinski definition) is 3. The van der Waals surface area contributed by atoms with Crippen molar-refractivity contribution >= 4 is 28.8 Å². The van der Waals surface area contributed by atoms with Crippen LogP contribution in [0.25, 0.3) is 0 Å². The van der Waals surface area contributed by atoms with Crippen LogP contribution in [0.3, 0.4) is 0 Å². The molecule has 0 saturated carbocycles. The number of hydrogen-bond donors (Lipinski definition) is 1. The Labute approximate surface area is 115 Å². The van der Waals surface area contributed by atoms with Crippen molar-refractivity contribution in [3.63, 3.8) is 0 Å². The van der Waals surface area contributed by atoms with Gasteiger partial charge in [0.2, 0.25) is 0 Å². The van der Waals surface area contributed by atoms with Crippen molar-refractivity contribution in [3.8, 4) is 0 Å². The van der Waals surface area contributed by atoms with E-state index >= 15 is 0 Å². The molecule has 2 heterocycles.